The molecule has 0 saturated heterocycles. The summed E-state index contributed by atoms with van der Waals surface area (Å²) in [6.07, 6.45) is 0.765. The molecule has 0 aromatic heterocycles. The second-order valence-electron chi connectivity index (χ2n) is 4.47. The van der Waals surface area contributed by atoms with Crippen molar-refractivity contribution in [1.82, 2.24) is 5.32 Å². The monoisotopic (exact) mass is 277 g/mol. The topological polar surface area (TPSA) is 21.3 Å². The molecule has 0 heterocycles. The van der Waals surface area contributed by atoms with Crippen LogP contribution in [0.1, 0.15) is 11.1 Å². The van der Waals surface area contributed by atoms with Crippen molar-refractivity contribution in [3.8, 4) is 5.75 Å². The molecule has 0 saturated carbocycles. The third-order valence-corrected chi connectivity index (χ3v) is 3.09. The maximum absolute atomic E-state index is 13.4. The number of benzene rings is 2. The van der Waals surface area contributed by atoms with Crippen molar-refractivity contribution in [2.45, 2.75) is 13.0 Å². The summed E-state index contributed by atoms with van der Waals surface area (Å²) in [6, 6.07) is 11.2. The van der Waals surface area contributed by atoms with E-state index in [9.17, 15) is 8.78 Å². The molecule has 4 heteroatoms. The molecule has 106 valence electrons. The molecular weight excluding hydrogens is 260 g/mol. The Labute approximate surface area is 117 Å². The minimum atomic E-state index is -0.423. The molecule has 0 bridgehead atoms. The molecule has 0 aliphatic heterocycles. The van der Waals surface area contributed by atoms with Gasteiger partial charge < -0.3 is 10.1 Å². The number of ether oxygens (including phenoxy) is 1. The molecule has 20 heavy (non-hydrogen) atoms. The van der Waals surface area contributed by atoms with Gasteiger partial charge in [-0.1, -0.05) is 18.2 Å². The second kappa shape index (κ2) is 7.01. The summed E-state index contributed by atoms with van der Waals surface area (Å²) in [7, 11) is 1.63. The Morgan fingerprint density at radius 1 is 1.05 bits per heavy atom. The first kappa shape index (κ1) is 14.5. The van der Waals surface area contributed by atoms with Crippen LogP contribution in [0.5, 0.6) is 5.75 Å². The van der Waals surface area contributed by atoms with Crippen molar-refractivity contribution < 1.29 is 13.5 Å². The fraction of sp³-hybridized carbons (Fsp3) is 0.250. The molecule has 0 unspecified atom stereocenters. The fourth-order valence-electron chi connectivity index (χ4n) is 2.03. The highest BCUT2D eigenvalue weighted by Crippen LogP contribution is 2.17. The smallest absolute Gasteiger partial charge is 0.127 e. The lowest BCUT2D eigenvalue weighted by Gasteiger charge is -2.09. The van der Waals surface area contributed by atoms with E-state index < -0.39 is 11.6 Å². The van der Waals surface area contributed by atoms with E-state index in [1.165, 1.54) is 6.07 Å². The van der Waals surface area contributed by atoms with E-state index in [-0.39, 0.29) is 0 Å². The van der Waals surface area contributed by atoms with E-state index in [0.29, 0.717) is 18.7 Å². The maximum Gasteiger partial charge on any atom is 0.127 e. The predicted octanol–water partition coefficient (Wildman–Crippen LogP) is 3.31. The molecule has 0 amide bonds. The molecule has 0 aliphatic rings. The minimum Gasteiger partial charge on any atom is -0.496 e. The third kappa shape index (κ3) is 3.78. The predicted molar refractivity (Wildman–Crippen MR) is 74.8 cm³/mol. The van der Waals surface area contributed by atoms with Crippen molar-refractivity contribution in [3.63, 3.8) is 0 Å². The Hall–Kier alpha value is -1.94. The summed E-state index contributed by atoms with van der Waals surface area (Å²) in [5.41, 5.74) is 1.42. The first-order valence-electron chi connectivity index (χ1n) is 6.47. The van der Waals surface area contributed by atoms with Gasteiger partial charge in [0.1, 0.15) is 17.4 Å². The maximum atomic E-state index is 13.4. The first-order valence-corrected chi connectivity index (χ1v) is 6.47. The van der Waals surface area contributed by atoms with Crippen molar-refractivity contribution in [1.29, 1.82) is 0 Å². The van der Waals surface area contributed by atoms with Crippen LogP contribution in [0.4, 0.5) is 8.78 Å². The van der Waals surface area contributed by atoms with Gasteiger partial charge in [-0.3, -0.25) is 0 Å². The number of nitrogens with one attached hydrogen (secondary N) is 1. The van der Waals surface area contributed by atoms with Gasteiger partial charge in [0.05, 0.1) is 7.11 Å². The van der Waals surface area contributed by atoms with Crippen molar-refractivity contribution in [2.24, 2.45) is 0 Å². The molecule has 2 nitrogen and oxygen atoms in total. The number of halogens is 2. The molecule has 2 rings (SSSR count). The van der Waals surface area contributed by atoms with E-state index in [2.05, 4.69) is 5.32 Å². The SMILES string of the molecule is COc1ccccc1CCNCc1cc(F)ccc1F. The average molecular weight is 277 g/mol. The van der Waals surface area contributed by atoms with Gasteiger partial charge >= 0.3 is 0 Å². The molecule has 0 aliphatic carbocycles. The van der Waals surface area contributed by atoms with Gasteiger partial charge in [-0.25, -0.2) is 8.78 Å². The van der Waals surface area contributed by atoms with Crippen molar-refractivity contribution in [3.05, 3.63) is 65.2 Å². The number of rotatable bonds is 6. The summed E-state index contributed by atoms with van der Waals surface area (Å²) < 4.78 is 31.7. The normalized spacial score (nSPS) is 10.6. The Morgan fingerprint density at radius 3 is 2.65 bits per heavy atom. The molecule has 2 aromatic carbocycles. The fourth-order valence-corrected chi connectivity index (χ4v) is 2.03. The summed E-state index contributed by atoms with van der Waals surface area (Å²) in [6.45, 7) is 0.967. The molecular formula is C16H17F2NO. The van der Waals surface area contributed by atoms with Crippen LogP contribution in [-0.4, -0.2) is 13.7 Å². The standard InChI is InChI=1S/C16H17F2NO/c1-20-16-5-3-2-4-12(16)8-9-19-11-13-10-14(17)6-7-15(13)18/h2-7,10,19H,8-9,11H2,1H3. The lowest BCUT2D eigenvalue weighted by molar-refractivity contribution is 0.409. The number of para-hydroxylation sites is 1. The van der Waals surface area contributed by atoms with Crippen LogP contribution in [-0.2, 0) is 13.0 Å². The van der Waals surface area contributed by atoms with Gasteiger partial charge in [0.15, 0.2) is 0 Å². The zero-order chi connectivity index (χ0) is 14.4. The van der Waals surface area contributed by atoms with E-state index in [1.54, 1.807) is 7.11 Å². The molecule has 0 fully saturated rings. The van der Waals surface area contributed by atoms with Crippen molar-refractivity contribution in [2.75, 3.05) is 13.7 Å². The van der Waals surface area contributed by atoms with Gasteiger partial charge in [0.2, 0.25) is 0 Å². The summed E-state index contributed by atoms with van der Waals surface area (Å²) in [5.74, 6) is 0.0235. The van der Waals surface area contributed by atoms with Gasteiger partial charge in [0, 0.05) is 12.1 Å². The number of hydrogen-bond donors (Lipinski definition) is 1. The number of hydrogen-bond acceptors (Lipinski definition) is 2. The molecule has 0 spiro atoms. The van der Waals surface area contributed by atoms with Gasteiger partial charge in [-0.05, 0) is 42.8 Å². The van der Waals surface area contributed by atoms with Gasteiger partial charge in [-0.2, -0.15) is 0 Å². The Balaban J connectivity index is 1.86. The van der Waals surface area contributed by atoms with E-state index in [4.69, 9.17) is 4.74 Å². The lowest BCUT2D eigenvalue weighted by Crippen LogP contribution is -2.17. The summed E-state index contributed by atoms with van der Waals surface area (Å²) in [5, 5.41) is 3.11. The van der Waals surface area contributed by atoms with Crippen LogP contribution in [0.25, 0.3) is 0 Å². The van der Waals surface area contributed by atoms with Crippen molar-refractivity contribution >= 4 is 0 Å². The highest BCUT2D eigenvalue weighted by molar-refractivity contribution is 5.33. The average Bonchev–Trinajstić information content (AvgIpc) is 2.47. The summed E-state index contributed by atoms with van der Waals surface area (Å²) >= 11 is 0. The molecule has 2 aromatic rings. The largest absolute Gasteiger partial charge is 0.496 e. The zero-order valence-corrected chi connectivity index (χ0v) is 11.3. The Bertz CT molecular complexity index is 572. The lowest BCUT2D eigenvalue weighted by atomic mass is 10.1. The minimum absolute atomic E-state index is 0.304. The van der Waals surface area contributed by atoms with E-state index in [1.807, 2.05) is 24.3 Å². The van der Waals surface area contributed by atoms with Gasteiger partial charge in [0.25, 0.3) is 0 Å². The highest BCUT2D eigenvalue weighted by atomic mass is 19.1. The van der Waals surface area contributed by atoms with Crippen LogP contribution in [0.15, 0.2) is 42.5 Å². The second-order valence-corrected chi connectivity index (χ2v) is 4.47. The van der Waals surface area contributed by atoms with Crippen LogP contribution < -0.4 is 10.1 Å². The summed E-state index contributed by atoms with van der Waals surface area (Å²) in [4.78, 5) is 0. The molecule has 1 N–H and O–H groups in total. The zero-order valence-electron chi connectivity index (χ0n) is 11.3. The quantitative estimate of drug-likeness (QED) is 0.818. The van der Waals surface area contributed by atoms with E-state index >= 15 is 0 Å². The molecule has 0 atom stereocenters. The van der Waals surface area contributed by atoms with Crippen LogP contribution >= 0.6 is 0 Å². The van der Waals surface area contributed by atoms with Crippen LogP contribution in [0, 0.1) is 11.6 Å². The van der Waals surface area contributed by atoms with Crippen LogP contribution in [0.2, 0.25) is 0 Å². The highest BCUT2D eigenvalue weighted by Gasteiger charge is 2.04. The first-order chi connectivity index (χ1) is 9.70. The Kier molecular flexibility index (Phi) is 5.07. The Morgan fingerprint density at radius 2 is 1.85 bits per heavy atom. The van der Waals surface area contributed by atoms with Crippen LogP contribution in [0.3, 0.4) is 0 Å². The number of methoxy groups -OCH3 is 1. The molecule has 0 radical (unpaired) electrons. The van der Waals surface area contributed by atoms with Gasteiger partial charge in [-0.15, -0.1) is 0 Å². The van der Waals surface area contributed by atoms with E-state index in [0.717, 1.165) is 29.9 Å². The third-order valence-electron chi connectivity index (χ3n) is 3.09.